The molecule has 41 heavy (non-hydrogen) atoms. The van der Waals surface area contributed by atoms with Crippen LogP contribution in [0.1, 0.15) is 16.8 Å². The number of carbonyl (C=O) groups excluding carboxylic acids is 2. The number of fused-ring (bicyclic) bond motifs is 1. The summed E-state index contributed by atoms with van der Waals surface area (Å²) < 4.78 is 12.8. The van der Waals surface area contributed by atoms with E-state index in [1.54, 1.807) is 24.1 Å². The van der Waals surface area contributed by atoms with Crippen LogP contribution in [0, 0.1) is 6.92 Å². The van der Waals surface area contributed by atoms with Gasteiger partial charge in [-0.2, -0.15) is 5.10 Å². The molecule has 0 bridgehead atoms. The summed E-state index contributed by atoms with van der Waals surface area (Å²) in [5, 5.41) is 5.65. The minimum absolute atomic E-state index is 0.0893. The van der Waals surface area contributed by atoms with Crippen molar-refractivity contribution in [1.29, 1.82) is 0 Å². The first-order valence-corrected chi connectivity index (χ1v) is 13.7. The van der Waals surface area contributed by atoms with Gasteiger partial charge in [0.05, 0.1) is 37.4 Å². The van der Waals surface area contributed by atoms with Gasteiger partial charge in [0.1, 0.15) is 12.3 Å². The van der Waals surface area contributed by atoms with Gasteiger partial charge in [0.25, 0.3) is 5.56 Å². The summed E-state index contributed by atoms with van der Waals surface area (Å²) in [5.74, 6) is 0.214. The highest BCUT2D eigenvalue weighted by Gasteiger charge is 2.31. The van der Waals surface area contributed by atoms with E-state index in [-0.39, 0.29) is 37.0 Å². The molecule has 4 aromatic rings. The number of hydrogen-bond donors (Lipinski definition) is 0. The second-order valence-electron chi connectivity index (χ2n) is 10.2. The molecule has 2 heterocycles. The summed E-state index contributed by atoms with van der Waals surface area (Å²) in [4.78, 5) is 43.3. The number of nitrogens with zero attached hydrogens (tertiary/aromatic N) is 4. The van der Waals surface area contributed by atoms with Crippen LogP contribution in [0.5, 0.6) is 5.75 Å². The zero-order valence-corrected chi connectivity index (χ0v) is 23.4. The molecule has 0 saturated carbocycles. The highest BCUT2D eigenvalue weighted by molar-refractivity contribution is 5.86. The molecule has 1 saturated heterocycles. The van der Waals surface area contributed by atoms with E-state index in [1.807, 2.05) is 73.7 Å². The molecule has 2 amide bonds. The van der Waals surface area contributed by atoms with Gasteiger partial charge in [-0.15, -0.1) is 0 Å². The van der Waals surface area contributed by atoms with Crippen molar-refractivity contribution in [3.63, 3.8) is 0 Å². The molecule has 5 rings (SSSR count). The highest BCUT2D eigenvalue weighted by atomic mass is 16.5. The van der Waals surface area contributed by atoms with E-state index in [4.69, 9.17) is 9.47 Å². The Morgan fingerprint density at radius 2 is 1.66 bits per heavy atom. The van der Waals surface area contributed by atoms with Crippen LogP contribution in [0.2, 0.25) is 0 Å². The van der Waals surface area contributed by atoms with Gasteiger partial charge >= 0.3 is 0 Å². The van der Waals surface area contributed by atoms with Gasteiger partial charge in [-0.1, -0.05) is 60.7 Å². The van der Waals surface area contributed by atoms with E-state index in [0.717, 1.165) is 22.3 Å². The highest BCUT2D eigenvalue weighted by Crippen LogP contribution is 2.17. The first-order valence-electron chi connectivity index (χ1n) is 13.7. The molecule has 1 fully saturated rings. The number of methoxy groups -OCH3 is 1. The van der Waals surface area contributed by atoms with Crippen LogP contribution in [0.3, 0.4) is 0 Å². The lowest BCUT2D eigenvalue weighted by Gasteiger charge is -2.25. The van der Waals surface area contributed by atoms with Crippen molar-refractivity contribution in [2.24, 2.45) is 0 Å². The summed E-state index contributed by atoms with van der Waals surface area (Å²) in [5.41, 5.74) is 2.38. The maximum atomic E-state index is 13.5. The van der Waals surface area contributed by atoms with E-state index in [2.05, 4.69) is 5.10 Å². The molecular formula is C32H34N4O5. The second-order valence-corrected chi connectivity index (χ2v) is 10.2. The van der Waals surface area contributed by atoms with Gasteiger partial charge in [0, 0.05) is 25.0 Å². The van der Waals surface area contributed by atoms with E-state index < -0.39 is 6.10 Å². The quantitative estimate of drug-likeness (QED) is 0.316. The summed E-state index contributed by atoms with van der Waals surface area (Å²) in [6, 6.07) is 24.8. The van der Waals surface area contributed by atoms with Gasteiger partial charge < -0.3 is 19.3 Å². The van der Waals surface area contributed by atoms with Crippen molar-refractivity contribution in [2.75, 3.05) is 33.3 Å². The third-order valence-corrected chi connectivity index (χ3v) is 7.35. The number of aromatic nitrogens is 2. The first-order chi connectivity index (χ1) is 19.9. The molecule has 1 atom stereocenters. The Kier molecular flexibility index (Phi) is 8.74. The van der Waals surface area contributed by atoms with E-state index in [9.17, 15) is 14.4 Å². The van der Waals surface area contributed by atoms with Crippen LogP contribution in [0.15, 0.2) is 83.7 Å². The Morgan fingerprint density at radius 1 is 0.927 bits per heavy atom. The minimum atomic E-state index is -0.421. The molecule has 9 nitrogen and oxygen atoms in total. The lowest BCUT2D eigenvalue weighted by Crippen LogP contribution is -2.43. The number of ether oxygens (including phenoxy) is 2. The molecule has 1 aliphatic heterocycles. The molecule has 0 N–H and O–H groups in total. The van der Waals surface area contributed by atoms with E-state index >= 15 is 0 Å². The molecule has 1 unspecified atom stereocenters. The van der Waals surface area contributed by atoms with Gasteiger partial charge in [-0.05, 0) is 42.7 Å². The van der Waals surface area contributed by atoms with E-state index in [1.165, 1.54) is 9.58 Å². The summed E-state index contributed by atoms with van der Waals surface area (Å²) in [6.07, 6.45) is 0.272. The van der Waals surface area contributed by atoms with Crippen LogP contribution < -0.4 is 10.3 Å². The van der Waals surface area contributed by atoms with Crippen LogP contribution in [-0.2, 0) is 33.9 Å². The Bertz CT molecular complexity index is 1590. The summed E-state index contributed by atoms with van der Waals surface area (Å²) >= 11 is 0. The third kappa shape index (κ3) is 6.81. The smallest absolute Gasteiger partial charge is 0.275 e. The molecule has 0 spiro atoms. The number of amides is 2. The van der Waals surface area contributed by atoms with Crippen molar-refractivity contribution < 1.29 is 19.1 Å². The molecule has 1 aliphatic rings. The zero-order chi connectivity index (χ0) is 28.8. The van der Waals surface area contributed by atoms with Crippen LogP contribution in [0.25, 0.3) is 10.8 Å². The Labute approximate surface area is 238 Å². The summed E-state index contributed by atoms with van der Waals surface area (Å²) in [7, 11) is 1.61. The maximum absolute atomic E-state index is 13.5. The topological polar surface area (TPSA) is 94.0 Å². The van der Waals surface area contributed by atoms with Crippen LogP contribution in [0.4, 0.5) is 0 Å². The molecule has 0 aliphatic carbocycles. The lowest BCUT2D eigenvalue weighted by atomic mass is 10.1. The normalized spacial score (nSPS) is 15.7. The Morgan fingerprint density at radius 3 is 2.44 bits per heavy atom. The summed E-state index contributed by atoms with van der Waals surface area (Å²) in [6.45, 7) is 2.85. The fourth-order valence-electron chi connectivity index (χ4n) is 5.12. The number of carbonyl (C=O) groups is 2. The molecule has 212 valence electrons. The number of benzene rings is 3. The number of aryl methyl sites for hydroxylation is 1. The molecule has 0 radical (unpaired) electrons. The van der Waals surface area contributed by atoms with Crippen molar-refractivity contribution >= 4 is 22.6 Å². The van der Waals surface area contributed by atoms with Crippen molar-refractivity contribution in [3.05, 3.63) is 106 Å². The zero-order valence-electron chi connectivity index (χ0n) is 23.4. The number of rotatable bonds is 9. The van der Waals surface area contributed by atoms with Gasteiger partial charge in [0.15, 0.2) is 0 Å². The lowest BCUT2D eigenvalue weighted by molar-refractivity contribution is -0.139. The predicted octanol–water partition coefficient (Wildman–Crippen LogP) is 3.21. The Balaban J connectivity index is 1.35. The maximum Gasteiger partial charge on any atom is 0.275 e. The standard InChI is InChI=1S/C32H34N4O5/c1-23-28-13-6-7-14-29(28)32(39)36(33-23)21-31(38)35-19-27(41-22-25-11-8-12-26(17-25)40-2)18-34(30(37)20-35)16-15-24-9-4-3-5-10-24/h3-14,17,27H,15-16,18-22H2,1-2H3. The molecular weight excluding hydrogens is 520 g/mol. The SMILES string of the molecule is COc1cccc(COC2CN(CCc3ccccc3)C(=O)CN(C(=O)Cn3nc(C)c4ccccc4c3=O)C2)c1. The number of hydrogen-bond acceptors (Lipinski definition) is 6. The van der Waals surface area contributed by atoms with Crippen molar-refractivity contribution in [3.8, 4) is 5.75 Å². The molecule has 9 heteroatoms. The fraction of sp³-hybridized carbons (Fsp3) is 0.312. The van der Waals surface area contributed by atoms with Crippen molar-refractivity contribution in [1.82, 2.24) is 19.6 Å². The largest absolute Gasteiger partial charge is 0.497 e. The Hall–Kier alpha value is -4.50. The monoisotopic (exact) mass is 554 g/mol. The second kappa shape index (κ2) is 12.8. The first kappa shape index (κ1) is 28.0. The van der Waals surface area contributed by atoms with E-state index in [0.29, 0.717) is 37.2 Å². The fourth-order valence-corrected chi connectivity index (χ4v) is 5.12. The molecule has 3 aromatic carbocycles. The van der Waals surface area contributed by atoms with Crippen LogP contribution >= 0.6 is 0 Å². The van der Waals surface area contributed by atoms with Gasteiger partial charge in [-0.3, -0.25) is 14.4 Å². The third-order valence-electron chi connectivity index (χ3n) is 7.35. The molecule has 1 aromatic heterocycles. The van der Waals surface area contributed by atoms with Gasteiger partial charge in [-0.25, -0.2) is 4.68 Å². The average molecular weight is 555 g/mol. The average Bonchev–Trinajstić information content (AvgIpc) is 3.16. The minimum Gasteiger partial charge on any atom is -0.497 e. The van der Waals surface area contributed by atoms with Crippen LogP contribution in [-0.4, -0.2) is 70.8 Å². The predicted molar refractivity (Wildman–Crippen MR) is 156 cm³/mol. The van der Waals surface area contributed by atoms with Crippen molar-refractivity contribution in [2.45, 2.75) is 32.6 Å². The van der Waals surface area contributed by atoms with Gasteiger partial charge in [0.2, 0.25) is 11.8 Å².